The van der Waals surface area contributed by atoms with E-state index in [1.54, 1.807) is 13.0 Å². The first-order valence-electron chi connectivity index (χ1n) is 9.34. The maximum absolute atomic E-state index is 11.7. The number of carboxylic acids is 2. The van der Waals surface area contributed by atoms with Gasteiger partial charge in [0.25, 0.3) is 0 Å². The van der Waals surface area contributed by atoms with Crippen LogP contribution in [-0.2, 0) is 6.42 Å². The first-order chi connectivity index (χ1) is 12.4. The molecule has 2 rings (SSSR count). The molecule has 0 radical (unpaired) electrons. The molecule has 1 aromatic rings. The van der Waals surface area contributed by atoms with Gasteiger partial charge in [-0.15, -0.1) is 5.70 Å². The topological polar surface area (TPSA) is 77.8 Å². The largest absolute Gasteiger partial charge is 0.478 e. The molecule has 6 heteroatoms. The van der Waals surface area contributed by atoms with Crippen LogP contribution >= 0.6 is 0 Å². The van der Waals surface area contributed by atoms with Gasteiger partial charge in [0.05, 0.1) is 11.1 Å². The molecular formula is C20H31NO4Si. The third-order valence-electron chi connectivity index (χ3n) is 4.65. The summed E-state index contributed by atoms with van der Waals surface area (Å²) in [6.07, 6.45) is 6.82. The quantitative estimate of drug-likeness (QED) is 0.771. The molecule has 1 aliphatic heterocycles. The third-order valence-corrected chi connectivity index (χ3v) is 5.31. The summed E-state index contributed by atoms with van der Waals surface area (Å²) >= 11 is 0. The number of nitrogens with zero attached hydrogens (tertiary/aromatic N) is 1. The van der Waals surface area contributed by atoms with Crippen molar-refractivity contribution in [2.75, 3.05) is 18.0 Å². The minimum atomic E-state index is -1.07. The lowest BCUT2D eigenvalue weighted by Gasteiger charge is -2.32. The van der Waals surface area contributed by atoms with E-state index >= 15 is 0 Å². The van der Waals surface area contributed by atoms with Crippen LogP contribution in [0.1, 0.15) is 71.4 Å². The number of hydrogen-bond donors (Lipinski definition) is 2. The molecule has 1 saturated heterocycles. The second kappa shape index (κ2) is 10.8. The molecule has 1 fully saturated rings. The Bertz CT molecular complexity index is 660. The van der Waals surface area contributed by atoms with Crippen LogP contribution in [0.4, 0.5) is 5.69 Å². The van der Waals surface area contributed by atoms with Gasteiger partial charge in [-0.2, -0.15) is 0 Å². The molecule has 0 unspecified atom stereocenters. The summed E-state index contributed by atoms with van der Waals surface area (Å²) in [7, 11) is 1.21. The van der Waals surface area contributed by atoms with Gasteiger partial charge in [-0.1, -0.05) is 19.4 Å². The van der Waals surface area contributed by atoms with Crippen LogP contribution in [0.25, 0.3) is 0 Å². The molecule has 0 amide bonds. The molecular weight excluding hydrogens is 346 g/mol. The van der Waals surface area contributed by atoms with Crippen LogP contribution in [0, 0.1) is 6.92 Å². The van der Waals surface area contributed by atoms with Crippen molar-refractivity contribution in [1.82, 2.24) is 0 Å². The summed E-state index contributed by atoms with van der Waals surface area (Å²) in [4.78, 5) is 25.4. The van der Waals surface area contributed by atoms with E-state index in [4.69, 9.17) is 0 Å². The molecule has 1 heterocycles. The molecule has 0 aliphatic carbocycles. The maximum atomic E-state index is 11.7. The second-order valence-electron chi connectivity index (χ2n) is 6.50. The molecule has 1 aliphatic rings. The van der Waals surface area contributed by atoms with E-state index in [9.17, 15) is 19.8 Å². The predicted octanol–water partition coefficient (Wildman–Crippen LogP) is 3.22. The van der Waals surface area contributed by atoms with Gasteiger partial charge in [0.1, 0.15) is 0 Å². The van der Waals surface area contributed by atoms with Crippen molar-refractivity contribution in [1.29, 1.82) is 0 Å². The van der Waals surface area contributed by atoms with E-state index in [1.165, 1.54) is 16.7 Å². The maximum Gasteiger partial charge on any atom is 0.336 e. The van der Waals surface area contributed by atoms with E-state index in [0.717, 1.165) is 43.6 Å². The lowest BCUT2D eigenvalue weighted by molar-refractivity contribution is 0.0695. The molecule has 0 spiro atoms. The van der Waals surface area contributed by atoms with Gasteiger partial charge in [-0.05, 0) is 56.7 Å². The van der Waals surface area contributed by atoms with E-state index in [-0.39, 0.29) is 11.1 Å². The fourth-order valence-corrected chi connectivity index (χ4v) is 3.25. The fourth-order valence-electron chi connectivity index (χ4n) is 3.25. The van der Waals surface area contributed by atoms with Gasteiger partial charge in [-0.3, -0.25) is 0 Å². The molecule has 0 bridgehead atoms. The van der Waals surface area contributed by atoms with Crippen molar-refractivity contribution in [2.45, 2.75) is 52.9 Å². The highest BCUT2D eigenvalue weighted by molar-refractivity contribution is 6.16. The lowest BCUT2D eigenvalue weighted by Crippen LogP contribution is -2.31. The smallest absolute Gasteiger partial charge is 0.336 e. The van der Waals surface area contributed by atoms with Crippen LogP contribution in [-0.4, -0.2) is 45.5 Å². The number of benzene rings is 1. The first-order valence-corrected chi connectivity index (χ1v) is 10.5. The number of rotatable bonds is 5. The van der Waals surface area contributed by atoms with Crippen LogP contribution in [0.3, 0.4) is 0 Å². The minimum absolute atomic E-state index is 0.0952. The Kier molecular flexibility index (Phi) is 9.13. The Morgan fingerprint density at radius 1 is 1.19 bits per heavy atom. The minimum Gasteiger partial charge on any atom is -0.478 e. The number of hydrogen-bond acceptors (Lipinski definition) is 3. The van der Waals surface area contributed by atoms with Gasteiger partial charge in [0.2, 0.25) is 0 Å². The van der Waals surface area contributed by atoms with Crippen molar-refractivity contribution >= 4 is 27.9 Å². The number of allylic oxidation sites excluding steroid dienone is 1. The fraction of sp³-hybridized carbons (Fsp3) is 0.500. The summed E-state index contributed by atoms with van der Waals surface area (Å²) in [6, 6.07) is 1.67. The summed E-state index contributed by atoms with van der Waals surface area (Å²) in [5, 5.41) is 19.0. The SMILES string of the molecule is CC=C[SiH3].CCCc1c(N2CCCCC2)cc(C(=O)O)c(C)c1C(=O)O. The molecule has 1 aromatic carbocycles. The predicted molar refractivity (Wildman–Crippen MR) is 110 cm³/mol. The molecule has 5 nitrogen and oxygen atoms in total. The number of carboxylic acid groups (broad SMARTS) is 2. The zero-order valence-corrected chi connectivity index (χ0v) is 18.3. The number of piperidine rings is 1. The summed E-state index contributed by atoms with van der Waals surface area (Å²) < 4.78 is 0. The van der Waals surface area contributed by atoms with Crippen molar-refractivity contribution < 1.29 is 19.8 Å². The summed E-state index contributed by atoms with van der Waals surface area (Å²) in [6.45, 7) is 7.35. The zero-order valence-electron chi connectivity index (χ0n) is 16.3. The van der Waals surface area contributed by atoms with Crippen molar-refractivity contribution in [2.24, 2.45) is 0 Å². The average Bonchev–Trinajstić information content (AvgIpc) is 2.62. The van der Waals surface area contributed by atoms with E-state index in [0.29, 0.717) is 12.0 Å². The zero-order chi connectivity index (χ0) is 19.7. The van der Waals surface area contributed by atoms with Gasteiger partial charge in [0.15, 0.2) is 0 Å². The van der Waals surface area contributed by atoms with Crippen LogP contribution in [0.5, 0.6) is 0 Å². The molecule has 0 aromatic heterocycles. The highest BCUT2D eigenvalue weighted by Gasteiger charge is 2.25. The third kappa shape index (κ3) is 5.46. The molecule has 144 valence electrons. The van der Waals surface area contributed by atoms with Crippen LogP contribution < -0.4 is 4.90 Å². The lowest BCUT2D eigenvalue weighted by atomic mass is 9.91. The normalized spacial score (nSPS) is 14.2. The Morgan fingerprint density at radius 3 is 2.19 bits per heavy atom. The summed E-state index contributed by atoms with van der Waals surface area (Å²) in [5.74, 6) is -2.11. The van der Waals surface area contributed by atoms with Crippen molar-refractivity contribution in [3.8, 4) is 0 Å². The second-order valence-corrected chi connectivity index (χ2v) is 7.16. The number of anilines is 1. The van der Waals surface area contributed by atoms with Crippen LogP contribution in [0.2, 0.25) is 0 Å². The number of carbonyl (C=O) groups is 2. The van der Waals surface area contributed by atoms with E-state index < -0.39 is 11.9 Å². The van der Waals surface area contributed by atoms with Crippen molar-refractivity contribution in [3.05, 3.63) is 40.1 Å². The van der Waals surface area contributed by atoms with Gasteiger partial charge < -0.3 is 15.1 Å². The molecule has 26 heavy (non-hydrogen) atoms. The Balaban J connectivity index is 0.000000765. The standard InChI is InChI=1S/C17H23NO4.C3H8Si/c1-3-7-12-14(18-8-5-4-6-9-18)10-13(16(19)20)11(2)15(12)17(21)22;1-2-3-4/h10H,3-9H2,1-2H3,(H,19,20)(H,21,22);2-3H,1,4H3. The Hall–Kier alpha value is -2.08. The highest BCUT2D eigenvalue weighted by Crippen LogP contribution is 2.32. The molecule has 0 saturated carbocycles. The highest BCUT2D eigenvalue weighted by atomic mass is 28.1. The number of aromatic carboxylic acids is 2. The average molecular weight is 378 g/mol. The van der Waals surface area contributed by atoms with Gasteiger partial charge >= 0.3 is 11.9 Å². The molecule has 0 atom stereocenters. The van der Waals surface area contributed by atoms with Crippen molar-refractivity contribution in [3.63, 3.8) is 0 Å². The monoisotopic (exact) mass is 377 g/mol. The molecule has 2 N–H and O–H groups in total. The van der Waals surface area contributed by atoms with Gasteiger partial charge in [0, 0.05) is 29.0 Å². The summed E-state index contributed by atoms with van der Waals surface area (Å²) in [5.41, 5.74) is 4.32. The van der Waals surface area contributed by atoms with Gasteiger partial charge in [-0.25, -0.2) is 9.59 Å². The Morgan fingerprint density at radius 2 is 1.77 bits per heavy atom. The first kappa shape index (κ1) is 22.0. The van der Waals surface area contributed by atoms with Crippen LogP contribution in [0.15, 0.2) is 17.8 Å². The Labute approximate surface area is 159 Å². The van der Waals surface area contributed by atoms with E-state index in [1.807, 2.05) is 13.8 Å². The van der Waals surface area contributed by atoms with E-state index in [2.05, 4.69) is 16.7 Å².